The van der Waals surface area contributed by atoms with Gasteiger partial charge in [-0.2, -0.15) is 9.90 Å². The van der Waals surface area contributed by atoms with Crippen molar-refractivity contribution < 1.29 is 4.79 Å². The summed E-state index contributed by atoms with van der Waals surface area (Å²) < 4.78 is 0. The van der Waals surface area contributed by atoms with E-state index < -0.39 is 0 Å². The van der Waals surface area contributed by atoms with Crippen LogP contribution in [0.25, 0.3) is 5.69 Å². The summed E-state index contributed by atoms with van der Waals surface area (Å²) in [6.07, 6.45) is 5.71. The summed E-state index contributed by atoms with van der Waals surface area (Å²) in [5.41, 5.74) is 1.35. The standard InChI is InChI=1S/C14H15N3O/c18-14(9-8-11-6-7-11)13-10-15-17(16-13)12-4-2-1-3-5-12/h1-5,10-11H,6-9H2. The molecule has 1 aromatic carbocycles. The predicted molar refractivity (Wildman–Crippen MR) is 67.6 cm³/mol. The molecule has 0 saturated heterocycles. The van der Waals surface area contributed by atoms with Gasteiger partial charge in [0, 0.05) is 6.42 Å². The molecule has 0 N–H and O–H groups in total. The van der Waals surface area contributed by atoms with Crippen molar-refractivity contribution in [2.75, 3.05) is 0 Å². The molecule has 4 nitrogen and oxygen atoms in total. The van der Waals surface area contributed by atoms with E-state index in [4.69, 9.17) is 0 Å². The fourth-order valence-electron chi connectivity index (χ4n) is 1.95. The van der Waals surface area contributed by atoms with Gasteiger partial charge in [0.2, 0.25) is 0 Å². The van der Waals surface area contributed by atoms with Gasteiger partial charge in [-0.25, -0.2) is 0 Å². The second-order valence-corrected chi connectivity index (χ2v) is 4.76. The van der Waals surface area contributed by atoms with Crippen molar-refractivity contribution in [1.29, 1.82) is 0 Å². The molecule has 0 spiro atoms. The molecule has 4 heteroatoms. The molecule has 0 aliphatic heterocycles. The zero-order chi connectivity index (χ0) is 12.4. The molecule has 18 heavy (non-hydrogen) atoms. The molecule has 1 saturated carbocycles. The number of nitrogens with zero attached hydrogens (tertiary/aromatic N) is 3. The van der Waals surface area contributed by atoms with Crippen molar-refractivity contribution in [2.45, 2.75) is 25.7 Å². The van der Waals surface area contributed by atoms with Crippen molar-refractivity contribution in [2.24, 2.45) is 5.92 Å². The molecule has 3 rings (SSSR count). The van der Waals surface area contributed by atoms with E-state index in [0.29, 0.717) is 12.1 Å². The molecule has 1 heterocycles. The van der Waals surface area contributed by atoms with Crippen molar-refractivity contribution in [3.05, 3.63) is 42.2 Å². The molecule has 92 valence electrons. The Morgan fingerprint density at radius 3 is 2.78 bits per heavy atom. The normalized spacial score (nSPS) is 14.7. The van der Waals surface area contributed by atoms with E-state index in [-0.39, 0.29) is 5.78 Å². The number of benzene rings is 1. The summed E-state index contributed by atoms with van der Waals surface area (Å²) >= 11 is 0. The lowest BCUT2D eigenvalue weighted by Crippen LogP contribution is -2.03. The van der Waals surface area contributed by atoms with Gasteiger partial charge in [0.25, 0.3) is 0 Å². The summed E-state index contributed by atoms with van der Waals surface area (Å²) in [5.74, 6) is 0.877. The highest BCUT2D eigenvalue weighted by molar-refractivity contribution is 5.93. The van der Waals surface area contributed by atoms with E-state index in [9.17, 15) is 4.79 Å². The minimum atomic E-state index is 0.101. The molecular formula is C14H15N3O. The zero-order valence-corrected chi connectivity index (χ0v) is 10.1. The van der Waals surface area contributed by atoms with Crippen LogP contribution >= 0.6 is 0 Å². The van der Waals surface area contributed by atoms with Crippen LogP contribution in [0.5, 0.6) is 0 Å². The van der Waals surface area contributed by atoms with Crippen molar-refractivity contribution in [3.63, 3.8) is 0 Å². The Labute approximate surface area is 106 Å². The molecule has 0 amide bonds. The molecule has 0 radical (unpaired) electrons. The smallest absolute Gasteiger partial charge is 0.184 e. The molecular weight excluding hydrogens is 226 g/mol. The number of carbonyl (C=O) groups excluding carboxylic acids is 1. The van der Waals surface area contributed by atoms with Crippen molar-refractivity contribution in [3.8, 4) is 5.69 Å². The lowest BCUT2D eigenvalue weighted by Gasteiger charge is -1.97. The van der Waals surface area contributed by atoms with Crippen LogP contribution in [-0.4, -0.2) is 20.8 Å². The van der Waals surface area contributed by atoms with Gasteiger partial charge in [0.05, 0.1) is 11.9 Å². The summed E-state index contributed by atoms with van der Waals surface area (Å²) in [7, 11) is 0. The fourth-order valence-corrected chi connectivity index (χ4v) is 1.95. The average Bonchev–Trinajstić information content (AvgIpc) is 3.11. The van der Waals surface area contributed by atoms with Crippen LogP contribution in [0.4, 0.5) is 0 Å². The number of rotatable bonds is 5. The highest BCUT2D eigenvalue weighted by atomic mass is 16.1. The lowest BCUT2D eigenvalue weighted by molar-refractivity contribution is 0.0973. The van der Waals surface area contributed by atoms with E-state index in [1.165, 1.54) is 17.6 Å². The molecule has 1 aliphatic carbocycles. The summed E-state index contributed by atoms with van der Waals surface area (Å²) in [4.78, 5) is 13.4. The van der Waals surface area contributed by atoms with Crippen LogP contribution in [0.15, 0.2) is 36.5 Å². The van der Waals surface area contributed by atoms with E-state index in [1.807, 2.05) is 30.3 Å². The predicted octanol–water partition coefficient (Wildman–Crippen LogP) is 2.64. The minimum Gasteiger partial charge on any atom is -0.292 e. The van der Waals surface area contributed by atoms with Crippen LogP contribution in [-0.2, 0) is 0 Å². The van der Waals surface area contributed by atoms with Gasteiger partial charge in [-0.1, -0.05) is 31.0 Å². The SMILES string of the molecule is O=C(CCC1CC1)c1cnn(-c2ccccc2)n1. The summed E-state index contributed by atoms with van der Waals surface area (Å²) in [6, 6.07) is 9.62. The summed E-state index contributed by atoms with van der Waals surface area (Å²) in [6.45, 7) is 0. The van der Waals surface area contributed by atoms with Crippen LogP contribution in [0.1, 0.15) is 36.2 Å². The number of ketones is 1. The van der Waals surface area contributed by atoms with Gasteiger partial charge in [0.15, 0.2) is 5.78 Å². The van der Waals surface area contributed by atoms with Crippen molar-refractivity contribution in [1.82, 2.24) is 15.0 Å². The number of aromatic nitrogens is 3. The van der Waals surface area contributed by atoms with E-state index in [2.05, 4.69) is 10.2 Å². The van der Waals surface area contributed by atoms with Gasteiger partial charge >= 0.3 is 0 Å². The molecule has 1 fully saturated rings. The topological polar surface area (TPSA) is 47.8 Å². The van der Waals surface area contributed by atoms with E-state index in [1.54, 1.807) is 6.20 Å². The highest BCUT2D eigenvalue weighted by Gasteiger charge is 2.23. The Morgan fingerprint density at radius 2 is 2.06 bits per heavy atom. The number of hydrogen-bond acceptors (Lipinski definition) is 3. The van der Waals surface area contributed by atoms with Crippen LogP contribution < -0.4 is 0 Å². The average molecular weight is 241 g/mol. The largest absolute Gasteiger partial charge is 0.292 e. The third-order valence-electron chi connectivity index (χ3n) is 3.24. The van der Waals surface area contributed by atoms with Gasteiger partial charge in [-0.15, -0.1) is 5.10 Å². The quantitative estimate of drug-likeness (QED) is 0.756. The van der Waals surface area contributed by atoms with E-state index >= 15 is 0 Å². The lowest BCUT2D eigenvalue weighted by atomic mass is 10.1. The van der Waals surface area contributed by atoms with Crippen LogP contribution in [0, 0.1) is 5.92 Å². The van der Waals surface area contributed by atoms with Gasteiger partial charge in [0.1, 0.15) is 5.69 Å². The van der Waals surface area contributed by atoms with Gasteiger partial charge in [-0.05, 0) is 24.5 Å². The maximum Gasteiger partial charge on any atom is 0.184 e. The second-order valence-electron chi connectivity index (χ2n) is 4.76. The zero-order valence-electron chi connectivity index (χ0n) is 10.1. The molecule has 1 aromatic heterocycles. The van der Waals surface area contributed by atoms with Crippen molar-refractivity contribution >= 4 is 5.78 Å². The number of Topliss-reactive ketones (excluding diaryl/α,β-unsaturated/α-hetero) is 1. The first-order chi connectivity index (χ1) is 8.83. The minimum absolute atomic E-state index is 0.101. The fraction of sp³-hybridized carbons (Fsp3) is 0.357. The third-order valence-corrected chi connectivity index (χ3v) is 3.24. The first kappa shape index (κ1) is 11.1. The number of hydrogen-bond donors (Lipinski definition) is 0. The Bertz CT molecular complexity index is 543. The summed E-state index contributed by atoms with van der Waals surface area (Å²) in [5, 5.41) is 8.37. The van der Waals surface area contributed by atoms with Gasteiger partial charge < -0.3 is 0 Å². The first-order valence-electron chi connectivity index (χ1n) is 6.34. The molecule has 0 bridgehead atoms. The Balaban J connectivity index is 1.70. The van der Waals surface area contributed by atoms with Crippen LogP contribution in [0.3, 0.4) is 0 Å². The number of carbonyl (C=O) groups is 1. The molecule has 1 aliphatic rings. The molecule has 0 unspecified atom stereocenters. The monoisotopic (exact) mass is 241 g/mol. The first-order valence-corrected chi connectivity index (χ1v) is 6.34. The second kappa shape index (κ2) is 4.72. The van der Waals surface area contributed by atoms with Gasteiger partial charge in [-0.3, -0.25) is 4.79 Å². The highest BCUT2D eigenvalue weighted by Crippen LogP contribution is 2.33. The molecule has 0 atom stereocenters. The van der Waals surface area contributed by atoms with E-state index in [0.717, 1.165) is 18.0 Å². The Hall–Kier alpha value is -1.97. The van der Waals surface area contributed by atoms with Crippen LogP contribution in [0.2, 0.25) is 0 Å². The third kappa shape index (κ3) is 2.47. The molecule has 2 aromatic rings. The maximum atomic E-state index is 11.9. The maximum absolute atomic E-state index is 11.9. The number of para-hydroxylation sites is 1. The Morgan fingerprint density at radius 1 is 1.28 bits per heavy atom. The Kier molecular flexibility index (Phi) is 2.92.